The summed E-state index contributed by atoms with van der Waals surface area (Å²) in [5.41, 5.74) is 6.28. The minimum Gasteiger partial charge on any atom is -0.508 e. The Morgan fingerprint density at radius 3 is 2.57 bits per heavy atom. The Balaban J connectivity index is 3.10. The molecule has 0 aliphatic rings. The second-order valence-electron chi connectivity index (χ2n) is 2.79. The fraction of sp³-hybridized carbons (Fsp3) is 0.222. The Bertz CT molecular complexity index is 387. The molecule has 0 aliphatic carbocycles. The number of halogens is 2. The van der Waals surface area contributed by atoms with Crippen molar-refractivity contribution < 1.29 is 5.11 Å². The highest BCUT2D eigenvalue weighted by Gasteiger charge is 2.12. The molecular formula is C9H8Br2N2O. The molecule has 0 saturated heterocycles. The molecule has 3 N–H and O–H groups in total. The highest BCUT2D eigenvalue weighted by atomic mass is 79.9. The molecule has 0 fully saturated rings. The van der Waals surface area contributed by atoms with Crippen molar-refractivity contribution in [2.75, 3.05) is 0 Å². The first-order valence-electron chi connectivity index (χ1n) is 3.86. The summed E-state index contributed by atoms with van der Waals surface area (Å²) in [5.74, 6) is 0.0998. The van der Waals surface area contributed by atoms with Crippen LogP contribution in [0.15, 0.2) is 21.1 Å². The van der Waals surface area contributed by atoms with E-state index in [1.54, 1.807) is 12.1 Å². The van der Waals surface area contributed by atoms with Crippen LogP contribution in [0.2, 0.25) is 0 Å². The van der Waals surface area contributed by atoms with Gasteiger partial charge in [-0.15, -0.1) is 0 Å². The number of nitrogens with zero attached hydrogens (tertiary/aromatic N) is 1. The molecule has 0 heterocycles. The summed E-state index contributed by atoms with van der Waals surface area (Å²) in [5, 5.41) is 18.1. The van der Waals surface area contributed by atoms with E-state index in [4.69, 9.17) is 11.0 Å². The van der Waals surface area contributed by atoms with Gasteiger partial charge >= 0.3 is 0 Å². The van der Waals surface area contributed by atoms with E-state index >= 15 is 0 Å². The third-order valence-electron chi connectivity index (χ3n) is 1.78. The molecule has 3 nitrogen and oxygen atoms in total. The summed E-state index contributed by atoms with van der Waals surface area (Å²) in [6.07, 6.45) is 0.182. The second-order valence-corrected chi connectivity index (χ2v) is 4.50. The van der Waals surface area contributed by atoms with E-state index in [9.17, 15) is 5.11 Å². The van der Waals surface area contributed by atoms with Crippen LogP contribution in [0.3, 0.4) is 0 Å². The summed E-state index contributed by atoms with van der Waals surface area (Å²) in [4.78, 5) is 0. The molecule has 0 aliphatic heterocycles. The average molecular weight is 320 g/mol. The topological polar surface area (TPSA) is 70.0 Å². The predicted molar refractivity (Wildman–Crippen MR) is 60.7 cm³/mol. The zero-order valence-electron chi connectivity index (χ0n) is 7.17. The molecule has 1 atom stereocenters. The van der Waals surface area contributed by atoms with Crippen LogP contribution in [-0.2, 0) is 0 Å². The zero-order chi connectivity index (χ0) is 10.7. The molecule has 0 amide bonds. The van der Waals surface area contributed by atoms with Crippen LogP contribution in [0, 0.1) is 11.3 Å². The van der Waals surface area contributed by atoms with Gasteiger partial charge in [0.2, 0.25) is 0 Å². The maximum Gasteiger partial charge on any atom is 0.121 e. The summed E-state index contributed by atoms with van der Waals surface area (Å²) in [6, 6.07) is 4.77. The predicted octanol–water partition coefficient (Wildman–Crippen LogP) is 2.83. The van der Waals surface area contributed by atoms with Crippen molar-refractivity contribution >= 4 is 31.9 Å². The molecular weight excluding hydrogens is 312 g/mol. The SMILES string of the molecule is N#CCC(N)c1cc(Br)c(Br)cc1O. The van der Waals surface area contributed by atoms with Gasteiger partial charge in [-0.1, -0.05) is 0 Å². The smallest absolute Gasteiger partial charge is 0.121 e. The normalized spacial score (nSPS) is 12.1. The number of nitriles is 1. The maximum atomic E-state index is 9.57. The Labute approximate surface area is 98.8 Å². The lowest BCUT2D eigenvalue weighted by atomic mass is 10.0. The minimum atomic E-state index is -0.454. The number of rotatable bonds is 2. The Hall–Kier alpha value is -0.570. The van der Waals surface area contributed by atoms with Crippen molar-refractivity contribution in [3.8, 4) is 11.8 Å². The number of phenolic OH excluding ortho intramolecular Hbond substituents is 1. The van der Waals surface area contributed by atoms with E-state index in [0.717, 1.165) is 8.95 Å². The molecule has 14 heavy (non-hydrogen) atoms. The van der Waals surface area contributed by atoms with Crippen LogP contribution in [0.25, 0.3) is 0 Å². The molecule has 0 radical (unpaired) electrons. The third kappa shape index (κ3) is 2.47. The monoisotopic (exact) mass is 318 g/mol. The lowest BCUT2D eigenvalue weighted by Crippen LogP contribution is -2.09. The number of nitrogens with two attached hydrogens (primary N) is 1. The van der Waals surface area contributed by atoms with Crippen molar-refractivity contribution in [1.29, 1.82) is 5.26 Å². The summed E-state index contributed by atoms with van der Waals surface area (Å²) < 4.78 is 1.56. The summed E-state index contributed by atoms with van der Waals surface area (Å²) >= 11 is 6.56. The van der Waals surface area contributed by atoms with Gasteiger partial charge in [-0.25, -0.2) is 0 Å². The van der Waals surface area contributed by atoms with Crippen LogP contribution < -0.4 is 5.73 Å². The molecule has 74 valence electrons. The maximum absolute atomic E-state index is 9.57. The van der Waals surface area contributed by atoms with Crippen molar-refractivity contribution in [2.24, 2.45) is 5.73 Å². The van der Waals surface area contributed by atoms with Crippen LogP contribution in [-0.4, -0.2) is 5.11 Å². The highest BCUT2D eigenvalue weighted by molar-refractivity contribution is 9.13. The lowest BCUT2D eigenvalue weighted by molar-refractivity contribution is 0.461. The van der Waals surface area contributed by atoms with E-state index in [1.165, 1.54) is 0 Å². The molecule has 5 heteroatoms. The lowest BCUT2D eigenvalue weighted by Gasteiger charge is -2.11. The summed E-state index contributed by atoms with van der Waals surface area (Å²) in [7, 11) is 0. The van der Waals surface area contributed by atoms with E-state index in [-0.39, 0.29) is 12.2 Å². The fourth-order valence-electron chi connectivity index (χ4n) is 1.06. The van der Waals surface area contributed by atoms with Gasteiger partial charge in [0.15, 0.2) is 0 Å². The third-order valence-corrected chi connectivity index (χ3v) is 3.62. The first kappa shape index (κ1) is 11.5. The average Bonchev–Trinajstić information content (AvgIpc) is 2.11. The van der Waals surface area contributed by atoms with Crippen LogP contribution in [0.4, 0.5) is 0 Å². The number of aromatic hydroxyl groups is 1. The van der Waals surface area contributed by atoms with Gasteiger partial charge in [0, 0.05) is 20.6 Å². The Morgan fingerprint density at radius 1 is 1.43 bits per heavy atom. The minimum absolute atomic E-state index is 0.0998. The second kappa shape index (κ2) is 4.78. The van der Waals surface area contributed by atoms with E-state index in [0.29, 0.717) is 5.56 Å². The van der Waals surface area contributed by atoms with E-state index in [2.05, 4.69) is 31.9 Å². The Morgan fingerprint density at radius 2 is 2.00 bits per heavy atom. The van der Waals surface area contributed by atoms with Crippen LogP contribution in [0.1, 0.15) is 18.0 Å². The molecule has 1 unspecified atom stereocenters. The van der Waals surface area contributed by atoms with Crippen molar-refractivity contribution in [3.05, 3.63) is 26.6 Å². The standard InChI is InChI=1S/C9H8Br2N2O/c10-6-3-5(8(13)1-2-12)9(14)4-7(6)11/h3-4,8,14H,1,13H2. The molecule has 1 aromatic rings. The fourth-order valence-corrected chi connectivity index (χ4v) is 1.75. The van der Waals surface area contributed by atoms with Gasteiger partial charge in [-0.3, -0.25) is 0 Å². The Kier molecular flexibility index (Phi) is 3.93. The highest BCUT2D eigenvalue weighted by Crippen LogP contribution is 2.33. The largest absolute Gasteiger partial charge is 0.508 e. The summed E-state index contributed by atoms with van der Waals surface area (Å²) in [6.45, 7) is 0. The van der Waals surface area contributed by atoms with Crippen LogP contribution in [0.5, 0.6) is 5.75 Å². The quantitative estimate of drug-likeness (QED) is 0.880. The van der Waals surface area contributed by atoms with Gasteiger partial charge in [0.25, 0.3) is 0 Å². The van der Waals surface area contributed by atoms with Crippen LogP contribution >= 0.6 is 31.9 Å². The van der Waals surface area contributed by atoms with Gasteiger partial charge < -0.3 is 10.8 Å². The number of hydrogen-bond acceptors (Lipinski definition) is 3. The molecule has 1 rings (SSSR count). The van der Waals surface area contributed by atoms with Gasteiger partial charge in [0.05, 0.1) is 12.5 Å². The van der Waals surface area contributed by atoms with Crippen molar-refractivity contribution in [2.45, 2.75) is 12.5 Å². The van der Waals surface area contributed by atoms with Gasteiger partial charge in [-0.05, 0) is 44.0 Å². The van der Waals surface area contributed by atoms with Crippen molar-refractivity contribution in [3.63, 3.8) is 0 Å². The molecule has 1 aromatic carbocycles. The number of hydrogen-bond donors (Lipinski definition) is 2. The van der Waals surface area contributed by atoms with Crippen molar-refractivity contribution in [1.82, 2.24) is 0 Å². The molecule has 0 spiro atoms. The van der Waals surface area contributed by atoms with Gasteiger partial charge in [0.1, 0.15) is 5.75 Å². The zero-order valence-corrected chi connectivity index (χ0v) is 10.3. The number of benzene rings is 1. The molecule has 0 aromatic heterocycles. The van der Waals surface area contributed by atoms with E-state index in [1.807, 2.05) is 6.07 Å². The number of phenols is 1. The molecule has 0 saturated carbocycles. The molecule has 0 bridgehead atoms. The van der Waals surface area contributed by atoms with Gasteiger partial charge in [-0.2, -0.15) is 5.26 Å². The van der Waals surface area contributed by atoms with E-state index < -0.39 is 6.04 Å². The first-order chi connectivity index (χ1) is 6.56. The first-order valence-corrected chi connectivity index (χ1v) is 5.45.